The minimum absolute atomic E-state index is 0.436. The summed E-state index contributed by atoms with van der Waals surface area (Å²) < 4.78 is 0. The third-order valence-electron chi connectivity index (χ3n) is 3.60. The van der Waals surface area contributed by atoms with Crippen LogP contribution in [0, 0.1) is 0 Å². The smallest absolute Gasteiger partial charge is 0.248 e. The standard InChI is InChI=1S/C18H15N3OS/c19-17-16(12-1-3-13(4-2-12)18(20)22)9-14(10-21-17)11-5-7-15(23)8-6-11/h1-10,23H,(H2,19,21)(H2,20,22). The molecular formula is C18H15N3OS. The fourth-order valence-electron chi connectivity index (χ4n) is 2.33. The number of pyridine rings is 1. The fraction of sp³-hybridized carbons (Fsp3) is 0. The van der Waals surface area contributed by atoms with E-state index < -0.39 is 5.91 Å². The number of nitrogen functional groups attached to an aromatic ring is 1. The topological polar surface area (TPSA) is 82.0 Å². The van der Waals surface area contributed by atoms with E-state index >= 15 is 0 Å². The number of anilines is 1. The number of aromatic nitrogens is 1. The average Bonchev–Trinajstić information content (AvgIpc) is 2.56. The number of thiol groups is 1. The number of amides is 1. The number of rotatable bonds is 3. The van der Waals surface area contributed by atoms with Gasteiger partial charge in [-0.05, 0) is 41.5 Å². The molecule has 4 N–H and O–H groups in total. The molecule has 1 heterocycles. The molecule has 0 bridgehead atoms. The van der Waals surface area contributed by atoms with Crippen molar-refractivity contribution in [2.75, 3.05) is 5.73 Å². The molecule has 1 aromatic heterocycles. The molecule has 0 fully saturated rings. The summed E-state index contributed by atoms with van der Waals surface area (Å²) in [7, 11) is 0. The maximum Gasteiger partial charge on any atom is 0.248 e. The summed E-state index contributed by atoms with van der Waals surface area (Å²) >= 11 is 4.29. The van der Waals surface area contributed by atoms with E-state index in [1.54, 1.807) is 18.3 Å². The number of hydrogen-bond acceptors (Lipinski definition) is 4. The average molecular weight is 321 g/mol. The highest BCUT2D eigenvalue weighted by Gasteiger charge is 2.08. The molecule has 114 valence electrons. The second-order valence-corrected chi connectivity index (χ2v) is 5.66. The molecule has 23 heavy (non-hydrogen) atoms. The fourth-order valence-corrected chi connectivity index (χ4v) is 2.48. The Morgan fingerprint density at radius 1 is 0.913 bits per heavy atom. The molecule has 0 aliphatic heterocycles. The van der Waals surface area contributed by atoms with Gasteiger partial charge in [-0.3, -0.25) is 4.79 Å². The number of carbonyl (C=O) groups is 1. The van der Waals surface area contributed by atoms with Crippen LogP contribution >= 0.6 is 12.6 Å². The lowest BCUT2D eigenvalue weighted by molar-refractivity contribution is 0.100. The molecule has 2 aromatic carbocycles. The maximum absolute atomic E-state index is 11.2. The number of hydrogen-bond donors (Lipinski definition) is 3. The Kier molecular flexibility index (Phi) is 4.04. The van der Waals surface area contributed by atoms with Crippen LogP contribution in [0.5, 0.6) is 0 Å². The van der Waals surface area contributed by atoms with Crippen molar-refractivity contribution in [2.45, 2.75) is 4.90 Å². The first-order valence-electron chi connectivity index (χ1n) is 7.00. The molecule has 0 spiro atoms. The van der Waals surface area contributed by atoms with Gasteiger partial charge in [-0.1, -0.05) is 24.3 Å². The van der Waals surface area contributed by atoms with Gasteiger partial charge in [0.15, 0.2) is 0 Å². The van der Waals surface area contributed by atoms with E-state index in [2.05, 4.69) is 17.6 Å². The Labute approximate surface area is 139 Å². The van der Waals surface area contributed by atoms with Gasteiger partial charge in [0.05, 0.1) is 0 Å². The van der Waals surface area contributed by atoms with Gasteiger partial charge in [0.25, 0.3) is 0 Å². The first-order chi connectivity index (χ1) is 11.0. The minimum Gasteiger partial charge on any atom is -0.383 e. The third kappa shape index (κ3) is 3.19. The number of nitrogens with zero attached hydrogens (tertiary/aromatic N) is 1. The van der Waals surface area contributed by atoms with E-state index in [-0.39, 0.29) is 0 Å². The summed E-state index contributed by atoms with van der Waals surface area (Å²) in [5.41, 5.74) is 15.4. The Morgan fingerprint density at radius 2 is 1.52 bits per heavy atom. The van der Waals surface area contributed by atoms with Crippen molar-refractivity contribution < 1.29 is 4.79 Å². The SMILES string of the molecule is NC(=O)c1ccc(-c2cc(-c3ccc(S)cc3)cnc2N)cc1. The zero-order valence-electron chi connectivity index (χ0n) is 12.2. The van der Waals surface area contributed by atoms with Crippen LogP contribution in [0.3, 0.4) is 0 Å². The van der Waals surface area contributed by atoms with Crippen LogP contribution in [0.4, 0.5) is 5.82 Å². The molecule has 0 saturated heterocycles. The van der Waals surface area contributed by atoms with Gasteiger partial charge < -0.3 is 11.5 Å². The van der Waals surface area contributed by atoms with Crippen LogP contribution in [-0.2, 0) is 0 Å². The zero-order valence-corrected chi connectivity index (χ0v) is 13.1. The zero-order chi connectivity index (χ0) is 16.4. The molecular weight excluding hydrogens is 306 g/mol. The lowest BCUT2D eigenvalue weighted by Gasteiger charge is -2.09. The van der Waals surface area contributed by atoms with E-state index in [1.165, 1.54) is 0 Å². The molecule has 5 heteroatoms. The quantitative estimate of drug-likeness (QED) is 0.647. The monoisotopic (exact) mass is 321 g/mol. The second-order valence-electron chi connectivity index (χ2n) is 5.15. The van der Waals surface area contributed by atoms with Gasteiger partial charge in [-0.25, -0.2) is 4.98 Å². The lowest BCUT2D eigenvalue weighted by Crippen LogP contribution is -2.10. The molecule has 0 aliphatic rings. The van der Waals surface area contributed by atoms with E-state index in [9.17, 15) is 4.79 Å². The van der Waals surface area contributed by atoms with Crippen molar-refractivity contribution in [3.63, 3.8) is 0 Å². The van der Waals surface area contributed by atoms with Gasteiger partial charge in [-0.2, -0.15) is 0 Å². The highest BCUT2D eigenvalue weighted by Crippen LogP contribution is 2.30. The number of benzene rings is 2. The van der Waals surface area contributed by atoms with Crippen LogP contribution in [-0.4, -0.2) is 10.9 Å². The van der Waals surface area contributed by atoms with Crippen molar-refractivity contribution in [2.24, 2.45) is 5.73 Å². The largest absolute Gasteiger partial charge is 0.383 e. The van der Waals surface area contributed by atoms with Crippen LogP contribution in [0.1, 0.15) is 10.4 Å². The predicted octanol–water partition coefficient (Wildman–Crippen LogP) is 3.39. The maximum atomic E-state index is 11.2. The molecule has 0 radical (unpaired) electrons. The van der Waals surface area contributed by atoms with Crippen molar-refractivity contribution in [3.05, 3.63) is 66.4 Å². The van der Waals surface area contributed by atoms with Crippen molar-refractivity contribution >= 4 is 24.4 Å². The number of carbonyl (C=O) groups excluding carboxylic acids is 1. The summed E-state index contributed by atoms with van der Waals surface area (Å²) in [4.78, 5) is 16.3. The summed E-state index contributed by atoms with van der Waals surface area (Å²) in [5.74, 6) is -0.0189. The summed E-state index contributed by atoms with van der Waals surface area (Å²) in [6.45, 7) is 0. The van der Waals surface area contributed by atoms with Crippen molar-refractivity contribution in [3.8, 4) is 22.3 Å². The Balaban J connectivity index is 2.03. The summed E-state index contributed by atoms with van der Waals surface area (Å²) in [6, 6.07) is 16.8. The summed E-state index contributed by atoms with van der Waals surface area (Å²) in [5, 5.41) is 0. The Hall–Kier alpha value is -2.79. The number of primary amides is 1. The molecule has 0 atom stereocenters. The molecule has 1 amide bonds. The van der Waals surface area contributed by atoms with E-state index in [4.69, 9.17) is 11.5 Å². The van der Waals surface area contributed by atoms with E-state index in [0.717, 1.165) is 27.1 Å². The second kappa shape index (κ2) is 6.14. The first kappa shape index (κ1) is 15.1. The van der Waals surface area contributed by atoms with Gasteiger partial charge >= 0.3 is 0 Å². The summed E-state index contributed by atoms with van der Waals surface area (Å²) in [6.07, 6.45) is 1.74. The Bertz CT molecular complexity index is 858. The van der Waals surface area contributed by atoms with Gasteiger partial charge in [0, 0.05) is 27.8 Å². The Morgan fingerprint density at radius 3 is 2.13 bits per heavy atom. The van der Waals surface area contributed by atoms with Crippen molar-refractivity contribution in [1.82, 2.24) is 4.98 Å². The molecule has 0 unspecified atom stereocenters. The van der Waals surface area contributed by atoms with Crippen LogP contribution in [0.25, 0.3) is 22.3 Å². The van der Waals surface area contributed by atoms with Gasteiger partial charge in [0.2, 0.25) is 5.91 Å². The molecule has 0 saturated carbocycles. The molecule has 3 aromatic rings. The highest BCUT2D eigenvalue weighted by atomic mass is 32.1. The minimum atomic E-state index is -0.455. The van der Waals surface area contributed by atoms with Crippen LogP contribution < -0.4 is 11.5 Å². The van der Waals surface area contributed by atoms with Crippen molar-refractivity contribution in [1.29, 1.82) is 0 Å². The molecule has 4 nitrogen and oxygen atoms in total. The van der Waals surface area contributed by atoms with Gasteiger partial charge in [-0.15, -0.1) is 12.6 Å². The first-order valence-corrected chi connectivity index (χ1v) is 7.44. The van der Waals surface area contributed by atoms with Crippen LogP contribution in [0.2, 0.25) is 0 Å². The lowest BCUT2D eigenvalue weighted by atomic mass is 10.00. The molecule has 0 aliphatic carbocycles. The van der Waals surface area contributed by atoms with E-state index in [1.807, 2.05) is 42.5 Å². The third-order valence-corrected chi connectivity index (χ3v) is 3.90. The predicted molar refractivity (Wildman–Crippen MR) is 95.3 cm³/mol. The molecule has 3 rings (SSSR count). The van der Waals surface area contributed by atoms with E-state index in [0.29, 0.717) is 11.4 Å². The number of nitrogens with two attached hydrogens (primary N) is 2. The van der Waals surface area contributed by atoms with Crippen LogP contribution in [0.15, 0.2) is 65.7 Å². The highest BCUT2D eigenvalue weighted by molar-refractivity contribution is 7.80. The normalized spacial score (nSPS) is 10.5. The van der Waals surface area contributed by atoms with Gasteiger partial charge in [0.1, 0.15) is 5.82 Å².